The lowest BCUT2D eigenvalue weighted by molar-refractivity contribution is 0.301. The normalized spacial score (nSPS) is 18.2. The summed E-state index contributed by atoms with van der Waals surface area (Å²) in [5.41, 5.74) is 0. The van der Waals surface area contributed by atoms with E-state index in [0.29, 0.717) is 0 Å². The minimum atomic E-state index is 0.922. The molecule has 0 atom stereocenters. The smallest absolute Gasteiger partial charge is 0.00723 e. The summed E-state index contributed by atoms with van der Waals surface area (Å²) in [5, 5.41) is 4.35. The zero-order chi connectivity index (χ0) is 11.6. The van der Waals surface area contributed by atoms with Crippen molar-refractivity contribution in [1.82, 2.24) is 10.2 Å². The Morgan fingerprint density at radius 1 is 1.19 bits per heavy atom. The Labute approximate surface area is 106 Å². The molecule has 0 saturated carbocycles. The number of nitrogens with one attached hydrogen (secondary N) is 1. The number of rotatable bonds is 8. The maximum Gasteiger partial charge on any atom is 0.00723 e. The van der Waals surface area contributed by atoms with Crippen LogP contribution in [0.5, 0.6) is 0 Å². The lowest BCUT2D eigenvalue weighted by Gasteiger charge is -2.24. The van der Waals surface area contributed by atoms with Crippen LogP contribution in [-0.2, 0) is 0 Å². The molecule has 1 rings (SSSR count). The van der Waals surface area contributed by atoms with Crippen molar-refractivity contribution in [3.8, 4) is 0 Å². The first-order valence-corrected chi connectivity index (χ1v) is 7.96. The van der Waals surface area contributed by atoms with Gasteiger partial charge in [-0.1, -0.05) is 20.3 Å². The van der Waals surface area contributed by atoms with Crippen molar-refractivity contribution >= 4 is 11.8 Å². The molecule has 0 aromatic heterocycles. The minimum Gasteiger partial charge on any atom is -0.317 e. The maximum absolute atomic E-state index is 3.43. The molecule has 1 fully saturated rings. The average Bonchev–Trinajstić information content (AvgIpc) is 2.35. The molecule has 0 aromatic carbocycles. The van der Waals surface area contributed by atoms with E-state index in [1.165, 1.54) is 64.2 Å². The van der Waals surface area contributed by atoms with Crippen molar-refractivity contribution in [3.05, 3.63) is 0 Å². The van der Waals surface area contributed by atoms with Gasteiger partial charge in [0.05, 0.1) is 0 Å². The summed E-state index contributed by atoms with van der Waals surface area (Å²) in [6, 6.07) is 0. The summed E-state index contributed by atoms with van der Waals surface area (Å²) in [5.74, 6) is 1.32. The van der Waals surface area contributed by atoms with E-state index < -0.39 is 0 Å². The van der Waals surface area contributed by atoms with Crippen molar-refractivity contribution in [1.29, 1.82) is 0 Å². The summed E-state index contributed by atoms with van der Waals surface area (Å²) in [6.07, 6.45) is 5.40. The van der Waals surface area contributed by atoms with Crippen molar-refractivity contribution < 1.29 is 0 Å². The fraction of sp³-hybridized carbons (Fsp3) is 1.00. The zero-order valence-corrected chi connectivity index (χ0v) is 11.8. The second kappa shape index (κ2) is 9.32. The molecule has 3 heteroatoms. The molecule has 16 heavy (non-hydrogen) atoms. The molecule has 2 nitrogen and oxygen atoms in total. The van der Waals surface area contributed by atoms with Gasteiger partial charge in [0.1, 0.15) is 0 Å². The molecule has 0 spiro atoms. The summed E-state index contributed by atoms with van der Waals surface area (Å²) < 4.78 is 0. The highest BCUT2D eigenvalue weighted by Gasteiger charge is 2.13. The van der Waals surface area contributed by atoms with Gasteiger partial charge in [0.25, 0.3) is 0 Å². The Balaban J connectivity index is 2.02. The number of thioether (sulfide) groups is 1. The maximum atomic E-state index is 3.43. The Hall–Kier alpha value is 0.270. The van der Waals surface area contributed by atoms with Crippen LogP contribution in [0.1, 0.15) is 39.5 Å². The van der Waals surface area contributed by atoms with Gasteiger partial charge in [-0.2, -0.15) is 11.8 Å². The molecule has 1 aliphatic rings. The van der Waals surface area contributed by atoms with Gasteiger partial charge in [-0.3, -0.25) is 0 Å². The van der Waals surface area contributed by atoms with E-state index in [4.69, 9.17) is 0 Å². The Morgan fingerprint density at radius 3 is 2.56 bits per heavy atom. The largest absolute Gasteiger partial charge is 0.317 e. The molecule has 0 aromatic rings. The van der Waals surface area contributed by atoms with Crippen LogP contribution in [0.15, 0.2) is 0 Å². The Bertz CT molecular complexity index is 158. The van der Waals surface area contributed by atoms with Crippen LogP contribution in [0.2, 0.25) is 0 Å². The lowest BCUT2D eigenvalue weighted by atomic mass is 10.2. The van der Waals surface area contributed by atoms with Crippen LogP contribution in [0.4, 0.5) is 0 Å². The summed E-state index contributed by atoms with van der Waals surface area (Å²) in [7, 11) is 0. The molecule has 1 heterocycles. The van der Waals surface area contributed by atoms with Gasteiger partial charge >= 0.3 is 0 Å². The van der Waals surface area contributed by atoms with E-state index in [1.54, 1.807) is 0 Å². The fourth-order valence-corrected chi connectivity index (χ4v) is 3.39. The Kier molecular flexibility index (Phi) is 8.34. The SMILES string of the molecule is CCCCN(CC)CCSC1CCNCC1. The molecule has 0 radical (unpaired) electrons. The van der Waals surface area contributed by atoms with Gasteiger partial charge < -0.3 is 10.2 Å². The van der Waals surface area contributed by atoms with Crippen LogP contribution < -0.4 is 5.32 Å². The van der Waals surface area contributed by atoms with Gasteiger partial charge in [0.15, 0.2) is 0 Å². The van der Waals surface area contributed by atoms with E-state index in [-0.39, 0.29) is 0 Å². The molecule has 0 amide bonds. The first-order valence-electron chi connectivity index (χ1n) is 6.91. The molecule has 0 unspecified atom stereocenters. The third-order valence-electron chi connectivity index (χ3n) is 3.32. The van der Waals surface area contributed by atoms with Gasteiger partial charge in [0.2, 0.25) is 0 Å². The number of nitrogens with zero attached hydrogens (tertiary/aromatic N) is 1. The highest BCUT2D eigenvalue weighted by atomic mass is 32.2. The molecule has 0 aliphatic carbocycles. The van der Waals surface area contributed by atoms with Crippen molar-refractivity contribution in [2.24, 2.45) is 0 Å². The van der Waals surface area contributed by atoms with E-state index in [2.05, 4.69) is 35.8 Å². The van der Waals surface area contributed by atoms with E-state index >= 15 is 0 Å². The average molecular weight is 244 g/mol. The zero-order valence-electron chi connectivity index (χ0n) is 11.0. The molecule has 1 N–H and O–H groups in total. The van der Waals surface area contributed by atoms with Gasteiger partial charge in [-0.25, -0.2) is 0 Å². The van der Waals surface area contributed by atoms with Gasteiger partial charge in [-0.05, 0) is 45.4 Å². The summed E-state index contributed by atoms with van der Waals surface area (Å²) in [6.45, 7) is 10.8. The fourth-order valence-electron chi connectivity index (χ4n) is 2.12. The molecule has 0 bridgehead atoms. The number of hydrogen-bond donors (Lipinski definition) is 1. The van der Waals surface area contributed by atoms with Crippen molar-refractivity contribution in [3.63, 3.8) is 0 Å². The second-order valence-corrected chi connectivity index (χ2v) is 6.02. The van der Waals surface area contributed by atoms with Crippen molar-refractivity contribution in [2.45, 2.75) is 44.8 Å². The Morgan fingerprint density at radius 2 is 1.94 bits per heavy atom. The second-order valence-electron chi connectivity index (χ2n) is 4.61. The quantitative estimate of drug-likeness (QED) is 0.706. The third-order valence-corrected chi connectivity index (χ3v) is 4.68. The molecular formula is C13H28N2S. The summed E-state index contributed by atoms with van der Waals surface area (Å²) in [4.78, 5) is 2.59. The van der Waals surface area contributed by atoms with E-state index in [0.717, 1.165) is 5.25 Å². The number of hydrogen-bond acceptors (Lipinski definition) is 3. The topological polar surface area (TPSA) is 15.3 Å². The van der Waals surface area contributed by atoms with Crippen LogP contribution in [-0.4, -0.2) is 48.6 Å². The number of unbranched alkanes of at least 4 members (excludes halogenated alkanes) is 1. The van der Waals surface area contributed by atoms with Crippen LogP contribution in [0, 0.1) is 0 Å². The van der Waals surface area contributed by atoms with Gasteiger partial charge in [0, 0.05) is 17.5 Å². The highest BCUT2D eigenvalue weighted by molar-refractivity contribution is 7.99. The monoisotopic (exact) mass is 244 g/mol. The van der Waals surface area contributed by atoms with Crippen molar-refractivity contribution in [2.75, 3.05) is 38.5 Å². The lowest BCUT2D eigenvalue weighted by Crippen LogP contribution is -2.31. The highest BCUT2D eigenvalue weighted by Crippen LogP contribution is 2.19. The van der Waals surface area contributed by atoms with E-state index in [1.807, 2.05) is 0 Å². The van der Waals surface area contributed by atoms with E-state index in [9.17, 15) is 0 Å². The van der Waals surface area contributed by atoms with Crippen LogP contribution in [0.3, 0.4) is 0 Å². The first-order chi connectivity index (χ1) is 7.86. The number of piperidine rings is 1. The molecular weight excluding hydrogens is 216 g/mol. The molecule has 1 aliphatic heterocycles. The predicted molar refractivity (Wildman–Crippen MR) is 75.4 cm³/mol. The van der Waals surface area contributed by atoms with Crippen LogP contribution >= 0.6 is 11.8 Å². The van der Waals surface area contributed by atoms with Gasteiger partial charge in [-0.15, -0.1) is 0 Å². The standard InChI is InChI=1S/C13H28N2S/c1-3-5-10-15(4-2)11-12-16-13-6-8-14-9-7-13/h13-14H,3-12H2,1-2H3. The molecule has 1 saturated heterocycles. The van der Waals surface area contributed by atoms with Crippen LogP contribution in [0.25, 0.3) is 0 Å². The third kappa shape index (κ3) is 6.12. The first kappa shape index (κ1) is 14.3. The minimum absolute atomic E-state index is 0.922. The predicted octanol–water partition coefficient (Wildman–Crippen LogP) is 2.59. The molecule has 96 valence electrons. The summed E-state index contributed by atoms with van der Waals surface area (Å²) >= 11 is 2.19.